The lowest BCUT2D eigenvalue weighted by atomic mass is 10.1. The van der Waals surface area contributed by atoms with E-state index in [0.717, 1.165) is 43.1 Å². The fraction of sp³-hybridized carbons (Fsp3) is 0.517. The molecule has 1 aliphatic rings. The molecule has 0 saturated heterocycles. The molecular weight excluding hydrogens is 502 g/mol. The molecule has 38 heavy (non-hydrogen) atoms. The number of amides is 2. The third-order valence-corrected chi connectivity index (χ3v) is 8.12. The fourth-order valence-electron chi connectivity index (χ4n) is 4.74. The van der Waals surface area contributed by atoms with Gasteiger partial charge in [-0.25, -0.2) is 8.42 Å². The van der Waals surface area contributed by atoms with E-state index in [1.807, 2.05) is 38.1 Å². The quantitative estimate of drug-likeness (QED) is 0.404. The Morgan fingerprint density at radius 2 is 1.68 bits per heavy atom. The SMILES string of the molecule is CCOc1ccc(N(CCCC(=O)N(Cc2ccc(C)cc2)[C@H](C)C(=O)NC2CCCC2)S(C)(=O)=O)cc1. The van der Waals surface area contributed by atoms with Gasteiger partial charge in [-0.1, -0.05) is 42.7 Å². The van der Waals surface area contributed by atoms with Crippen molar-refractivity contribution in [3.63, 3.8) is 0 Å². The van der Waals surface area contributed by atoms with Crippen molar-refractivity contribution in [2.75, 3.05) is 23.7 Å². The van der Waals surface area contributed by atoms with Crippen LogP contribution in [0.25, 0.3) is 0 Å². The van der Waals surface area contributed by atoms with E-state index in [4.69, 9.17) is 4.74 Å². The molecule has 0 aliphatic heterocycles. The number of hydrogen-bond donors (Lipinski definition) is 1. The number of ether oxygens (including phenoxy) is 1. The van der Waals surface area contributed by atoms with Crippen molar-refractivity contribution in [3.05, 3.63) is 59.7 Å². The Morgan fingerprint density at radius 3 is 2.26 bits per heavy atom. The average Bonchev–Trinajstić information content (AvgIpc) is 3.39. The number of aryl methyl sites for hydroxylation is 1. The summed E-state index contributed by atoms with van der Waals surface area (Å²) in [7, 11) is -3.55. The molecule has 9 heteroatoms. The summed E-state index contributed by atoms with van der Waals surface area (Å²) in [5.41, 5.74) is 2.58. The maximum atomic E-state index is 13.4. The van der Waals surface area contributed by atoms with Crippen LogP contribution in [0.15, 0.2) is 48.5 Å². The molecule has 0 spiro atoms. The summed E-state index contributed by atoms with van der Waals surface area (Å²) in [6.45, 7) is 6.64. The zero-order valence-corrected chi connectivity index (χ0v) is 23.8. The van der Waals surface area contributed by atoms with E-state index < -0.39 is 16.1 Å². The lowest BCUT2D eigenvalue weighted by molar-refractivity contribution is -0.141. The topological polar surface area (TPSA) is 96.0 Å². The number of carbonyl (C=O) groups excluding carboxylic acids is 2. The van der Waals surface area contributed by atoms with Crippen LogP contribution in [0.3, 0.4) is 0 Å². The van der Waals surface area contributed by atoms with Gasteiger partial charge in [-0.2, -0.15) is 0 Å². The maximum Gasteiger partial charge on any atom is 0.242 e. The average molecular weight is 544 g/mol. The lowest BCUT2D eigenvalue weighted by Gasteiger charge is -2.30. The van der Waals surface area contributed by atoms with Crippen LogP contribution in [0.5, 0.6) is 5.75 Å². The molecule has 208 valence electrons. The fourth-order valence-corrected chi connectivity index (χ4v) is 5.71. The molecule has 0 heterocycles. The number of benzene rings is 2. The predicted octanol–water partition coefficient (Wildman–Crippen LogP) is 4.42. The number of nitrogens with one attached hydrogen (secondary N) is 1. The lowest BCUT2D eigenvalue weighted by Crippen LogP contribution is -2.49. The van der Waals surface area contributed by atoms with Gasteiger partial charge >= 0.3 is 0 Å². The summed E-state index contributed by atoms with van der Waals surface area (Å²) in [6.07, 6.45) is 5.75. The van der Waals surface area contributed by atoms with Crippen molar-refractivity contribution >= 4 is 27.5 Å². The minimum atomic E-state index is -3.55. The number of hydrogen-bond acceptors (Lipinski definition) is 5. The molecule has 0 radical (unpaired) electrons. The van der Waals surface area contributed by atoms with Gasteiger partial charge in [-0.3, -0.25) is 13.9 Å². The van der Waals surface area contributed by atoms with Crippen LogP contribution in [-0.2, 0) is 26.2 Å². The molecule has 3 rings (SSSR count). The molecule has 1 atom stereocenters. The van der Waals surface area contributed by atoms with Crippen molar-refractivity contribution in [3.8, 4) is 5.75 Å². The van der Waals surface area contributed by atoms with Gasteiger partial charge in [-0.05, 0) is 69.9 Å². The second kappa shape index (κ2) is 13.6. The number of anilines is 1. The number of sulfonamides is 1. The van der Waals surface area contributed by atoms with Gasteiger partial charge in [0.05, 0.1) is 18.6 Å². The Bertz CT molecular complexity index is 1160. The Labute approximate surface area is 227 Å². The monoisotopic (exact) mass is 543 g/mol. The van der Waals surface area contributed by atoms with Gasteiger partial charge < -0.3 is 15.0 Å². The smallest absolute Gasteiger partial charge is 0.242 e. The van der Waals surface area contributed by atoms with Gasteiger partial charge in [0, 0.05) is 25.6 Å². The van der Waals surface area contributed by atoms with Crippen LogP contribution in [0.2, 0.25) is 0 Å². The minimum Gasteiger partial charge on any atom is -0.494 e. The Balaban J connectivity index is 1.69. The number of rotatable bonds is 13. The molecule has 2 amide bonds. The highest BCUT2D eigenvalue weighted by Crippen LogP contribution is 2.23. The van der Waals surface area contributed by atoms with Crippen LogP contribution in [0.1, 0.15) is 63.5 Å². The normalized spacial score (nSPS) is 14.6. The van der Waals surface area contributed by atoms with Crippen LogP contribution in [0, 0.1) is 6.92 Å². The van der Waals surface area contributed by atoms with Crippen LogP contribution in [-0.4, -0.2) is 56.6 Å². The molecule has 0 unspecified atom stereocenters. The first kappa shape index (κ1) is 29.5. The minimum absolute atomic E-state index is 0.121. The van der Waals surface area contributed by atoms with E-state index in [0.29, 0.717) is 31.0 Å². The summed E-state index contributed by atoms with van der Waals surface area (Å²) in [5, 5.41) is 3.11. The van der Waals surface area contributed by atoms with Crippen molar-refractivity contribution in [1.29, 1.82) is 0 Å². The van der Waals surface area contributed by atoms with Gasteiger partial charge in [0.1, 0.15) is 11.8 Å². The Kier molecular flexibility index (Phi) is 10.6. The number of nitrogens with zero attached hydrogens (tertiary/aromatic N) is 2. The molecule has 0 bridgehead atoms. The molecule has 8 nitrogen and oxygen atoms in total. The Morgan fingerprint density at radius 1 is 1.05 bits per heavy atom. The third kappa shape index (κ3) is 8.48. The summed E-state index contributed by atoms with van der Waals surface area (Å²) < 4.78 is 31.8. The third-order valence-electron chi connectivity index (χ3n) is 6.93. The zero-order chi connectivity index (χ0) is 27.7. The Hall–Kier alpha value is -3.07. The van der Waals surface area contributed by atoms with Crippen LogP contribution >= 0.6 is 0 Å². The van der Waals surface area contributed by atoms with Crippen molar-refractivity contribution in [2.45, 2.75) is 77.9 Å². The highest BCUT2D eigenvalue weighted by Gasteiger charge is 2.28. The van der Waals surface area contributed by atoms with E-state index in [2.05, 4.69) is 5.32 Å². The molecular formula is C29H41N3O5S. The standard InChI is InChI=1S/C29H41N3O5S/c1-5-37-27-18-16-26(17-19-27)32(38(4,35)36)20-8-11-28(33)31(21-24-14-12-22(2)13-15-24)23(3)29(34)30-25-9-6-7-10-25/h12-19,23,25H,5-11,20-21H2,1-4H3,(H,30,34)/t23-/m1/s1. The predicted molar refractivity (Wildman–Crippen MR) is 151 cm³/mol. The van der Waals surface area contributed by atoms with Crippen molar-refractivity contribution in [2.24, 2.45) is 0 Å². The summed E-state index contributed by atoms with van der Waals surface area (Å²) in [6, 6.07) is 14.3. The first-order chi connectivity index (χ1) is 18.1. The van der Waals surface area contributed by atoms with E-state index in [1.165, 1.54) is 4.31 Å². The zero-order valence-electron chi connectivity index (χ0n) is 23.0. The highest BCUT2D eigenvalue weighted by atomic mass is 32.2. The molecule has 1 fully saturated rings. The molecule has 2 aromatic rings. The first-order valence-electron chi connectivity index (χ1n) is 13.4. The maximum absolute atomic E-state index is 13.4. The second-order valence-electron chi connectivity index (χ2n) is 10.0. The van der Waals surface area contributed by atoms with Crippen LogP contribution in [0.4, 0.5) is 5.69 Å². The summed E-state index contributed by atoms with van der Waals surface area (Å²) >= 11 is 0. The molecule has 1 saturated carbocycles. The summed E-state index contributed by atoms with van der Waals surface area (Å²) in [4.78, 5) is 28.1. The van der Waals surface area contributed by atoms with E-state index in [9.17, 15) is 18.0 Å². The van der Waals surface area contributed by atoms with Gasteiger partial charge in [0.15, 0.2) is 0 Å². The largest absolute Gasteiger partial charge is 0.494 e. The van der Waals surface area contributed by atoms with Gasteiger partial charge in [0.2, 0.25) is 21.8 Å². The second-order valence-corrected chi connectivity index (χ2v) is 11.9. The van der Waals surface area contributed by atoms with Crippen molar-refractivity contribution in [1.82, 2.24) is 10.2 Å². The molecule has 2 aromatic carbocycles. The molecule has 1 aliphatic carbocycles. The summed E-state index contributed by atoms with van der Waals surface area (Å²) in [5.74, 6) is 0.334. The van der Waals surface area contributed by atoms with Crippen molar-refractivity contribution < 1.29 is 22.7 Å². The van der Waals surface area contributed by atoms with Gasteiger partial charge in [0.25, 0.3) is 0 Å². The number of carbonyl (C=O) groups is 2. The van der Waals surface area contributed by atoms with E-state index in [-0.39, 0.29) is 30.8 Å². The first-order valence-corrected chi connectivity index (χ1v) is 15.3. The van der Waals surface area contributed by atoms with Crippen LogP contribution < -0.4 is 14.4 Å². The highest BCUT2D eigenvalue weighted by molar-refractivity contribution is 7.92. The van der Waals surface area contributed by atoms with E-state index in [1.54, 1.807) is 36.1 Å². The van der Waals surface area contributed by atoms with Gasteiger partial charge in [-0.15, -0.1) is 0 Å². The molecule has 1 N–H and O–H groups in total. The molecule has 0 aromatic heterocycles. The van der Waals surface area contributed by atoms with E-state index >= 15 is 0 Å².